The average molecular weight is 264 g/mol. The lowest BCUT2D eigenvalue weighted by molar-refractivity contribution is -0.123. The maximum Gasteiger partial charge on any atom is 0.133 e. The smallest absolute Gasteiger partial charge is 0.133 e. The lowest BCUT2D eigenvalue weighted by atomic mass is 9.72. The second kappa shape index (κ2) is 3.04. The molecule has 2 bridgehead atoms. The molecule has 0 aromatic carbocycles. The van der Waals surface area contributed by atoms with Crippen LogP contribution in [0.3, 0.4) is 0 Å². The van der Waals surface area contributed by atoms with E-state index in [2.05, 4.69) is 22.6 Å². The molecule has 11 heavy (non-hydrogen) atoms. The highest BCUT2D eigenvalue weighted by Crippen LogP contribution is 2.40. The molecule has 0 radical (unpaired) electrons. The van der Waals surface area contributed by atoms with E-state index in [-0.39, 0.29) is 0 Å². The predicted octanol–water partition coefficient (Wildman–Crippen LogP) is 2.57. The lowest BCUT2D eigenvalue weighted by Crippen LogP contribution is -2.31. The molecule has 0 saturated heterocycles. The van der Waals surface area contributed by atoms with E-state index in [9.17, 15) is 4.79 Å². The van der Waals surface area contributed by atoms with Crippen molar-refractivity contribution in [1.82, 2.24) is 0 Å². The van der Waals surface area contributed by atoms with Crippen molar-refractivity contribution in [2.24, 2.45) is 11.8 Å². The van der Waals surface area contributed by atoms with Crippen LogP contribution < -0.4 is 0 Å². The molecule has 2 rings (SSSR count). The van der Waals surface area contributed by atoms with Gasteiger partial charge in [-0.3, -0.25) is 4.79 Å². The topological polar surface area (TPSA) is 17.1 Å². The Morgan fingerprint density at radius 3 is 2.18 bits per heavy atom. The molecule has 2 aliphatic carbocycles. The van der Waals surface area contributed by atoms with Crippen molar-refractivity contribution < 1.29 is 4.79 Å². The number of carbonyl (C=O) groups excluding carboxylic acids is 1. The molecule has 3 atom stereocenters. The summed E-state index contributed by atoms with van der Waals surface area (Å²) in [6.45, 7) is 0. The quantitative estimate of drug-likeness (QED) is 0.485. The second-order valence-corrected chi connectivity index (χ2v) is 5.74. The molecule has 0 aromatic rings. The fourth-order valence-electron chi connectivity index (χ4n) is 2.54. The third kappa shape index (κ3) is 1.76. The van der Waals surface area contributed by atoms with E-state index in [1.54, 1.807) is 0 Å². The van der Waals surface area contributed by atoms with Gasteiger partial charge in [0.2, 0.25) is 0 Å². The minimum absolute atomic E-state index is 0.523. The number of alkyl halides is 1. The van der Waals surface area contributed by atoms with Crippen LogP contribution >= 0.6 is 22.6 Å². The van der Waals surface area contributed by atoms with E-state index >= 15 is 0 Å². The van der Waals surface area contributed by atoms with Crippen molar-refractivity contribution in [3.05, 3.63) is 0 Å². The standard InChI is InChI=1S/C9H13IO/c10-8-2-6-1-7(3-8)5-9(11)4-6/h6-8H,1-5H2/t6-,7+,8?. The summed E-state index contributed by atoms with van der Waals surface area (Å²) in [7, 11) is 0. The summed E-state index contributed by atoms with van der Waals surface area (Å²) in [6, 6.07) is 0. The summed E-state index contributed by atoms with van der Waals surface area (Å²) < 4.78 is 0.851. The Labute approximate surface area is 81.1 Å². The maximum atomic E-state index is 11.2. The third-order valence-corrected chi connectivity index (χ3v) is 3.89. The molecule has 0 aliphatic heterocycles. The number of hydrogen-bond acceptors (Lipinski definition) is 1. The van der Waals surface area contributed by atoms with E-state index in [1.165, 1.54) is 19.3 Å². The van der Waals surface area contributed by atoms with Crippen LogP contribution in [0.4, 0.5) is 0 Å². The minimum atomic E-state index is 0.523. The SMILES string of the molecule is O=C1C[C@@H]2CC(I)C[C@H](C1)C2. The summed E-state index contributed by atoms with van der Waals surface area (Å²) in [5, 5.41) is 0. The van der Waals surface area contributed by atoms with E-state index in [1.807, 2.05) is 0 Å². The monoisotopic (exact) mass is 264 g/mol. The highest BCUT2D eigenvalue weighted by Gasteiger charge is 2.33. The summed E-state index contributed by atoms with van der Waals surface area (Å²) in [6.07, 6.45) is 5.70. The molecule has 62 valence electrons. The maximum absolute atomic E-state index is 11.2. The van der Waals surface area contributed by atoms with Gasteiger partial charge in [-0.25, -0.2) is 0 Å². The Morgan fingerprint density at radius 1 is 1.09 bits per heavy atom. The van der Waals surface area contributed by atoms with Gasteiger partial charge in [-0.1, -0.05) is 22.6 Å². The molecule has 2 fully saturated rings. The van der Waals surface area contributed by atoms with Gasteiger partial charge in [0.05, 0.1) is 0 Å². The fraction of sp³-hybridized carbons (Fsp3) is 0.889. The van der Waals surface area contributed by atoms with Crippen LogP contribution in [0.5, 0.6) is 0 Å². The molecule has 0 N–H and O–H groups in total. The molecule has 2 aliphatic rings. The molecule has 0 amide bonds. The Morgan fingerprint density at radius 2 is 1.64 bits per heavy atom. The average Bonchev–Trinajstić information content (AvgIpc) is 1.82. The number of hydrogen-bond donors (Lipinski definition) is 0. The highest BCUT2D eigenvalue weighted by atomic mass is 127. The van der Waals surface area contributed by atoms with Gasteiger partial charge in [-0.15, -0.1) is 0 Å². The molecular formula is C9H13IO. The highest BCUT2D eigenvalue weighted by molar-refractivity contribution is 14.1. The predicted molar refractivity (Wildman–Crippen MR) is 52.9 cm³/mol. The van der Waals surface area contributed by atoms with Crippen LogP contribution in [0, 0.1) is 11.8 Å². The number of fused-ring (bicyclic) bond motifs is 2. The van der Waals surface area contributed by atoms with E-state index in [4.69, 9.17) is 0 Å². The van der Waals surface area contributed by atoms with Crippen LogP contribution in [0.2, 0.25) is 0 Å². The summed E-state index contributed by atoms with van der Waals surface area (Å²) in [4.78, 5) is 11.2. The van der Waals surface area contributed by atoms with Crippen LogP contribution in [0.25, 0.3) is 0 Å². The molecule has 1 nitrogen and oxygen atoms in total. The summed E-state index contributed by atoms with van der Waals surface area (Å²) in [5.74, 6) is 2.02. The number of carbonyl (C=O) groups is 1. The number of ketones is 1. The molecule has 0 spiro atoms. The van der Waals surface area contributed by atoms with Crippen LogP contribution in [0.15, 0.2) is 0 Å². The first-order chi connectivity index (χ1) is 5.24. The molecule has 0 heterocycles. The van der Waals surface area contributed by atoms with Crippen LogP contribution in [0.1, 0.15) is 32.1 Å². The van der Waals surface area contributed by atoms with Crippen molar-refractivity contribution in [3.63, 3.8) is 0 Å². The number of Topliss-reactive ketones (excluding diaryl/α,β-unsaturated/α-hetero) is 1. The first kappa shape index (κ1) is 8.02. The van der Waals surface area contributed by atoms with Gasteiger partial charge in [-0.2, -0.15) is 0 Å². The van der Waals surface area contributed by atoms with Gasteiger partial charge in [0.25, 0.3) is 0 Å². The Bertz CT molecular complexity index is 158. The summed E-state index contributed by atoms with van der Waals surface area (Å²) in [5.41, 5.74) is 0. The van der Waals surface area contributed by atoms with Gasteiger partial charge < -0.3 is 0 Å². The Kier molecular flexibility index (Phi) is 2.21. The Hall–Kier alpha value is 0.400. The third-order valence-electron chi connectivity index (χ3n) is 2.88. The zero-order valence-corrected chi connectivity index (χ0v) is 8.71. The second-order valence-electron chi connectivity index (χ2n) is 3.98. The van der Waals surface area contributed by atoms with Gasteiger partial charge >= 0.3 is 0 Å². The van der Waals surface area contributed by atoms with Crippen molar-refractivity contribution in [2.75, 3.05) is 0 Å². The molecule has 2 heteroatoms. The van der Waals surface area contributed by atoms with Crippen molar-refractivity contribution in [2.45, 2.75) is 36.0 Å². The largest absolute Gasteiger partial charge is 0.300 e. The molecule has 0 aromatic heterocycles. The number of halogens is 1. The zero-order chi connectivity index (χ0) is 7.84. The lowest BCUT2D eigenvalue weighted by Gasteiger charge is -2.36. The zero-order valence-electron chi connectivity index (χ0n) is 6.55. The van der Waals surface area contributed by atoms with Gasteiger partial charge in [0.15, 0.2) is 0 Å². The summed E-state index contributed by atoms with van der Waals surface area (Å²) >= 11 is 2.54. The van der Waals surface area contributed by atoms with Gasteiger partial charge in [0.1, 0.15) is 5.78 Å². The first-order valence-corrected chi connectivity index (χ1v) is 5.64. The van der Waals surface area contributed by atoms with Crippen molar-refractivity contribution in [3.8, 4) is 0 Å². The van der Waals surface area contributed by atoms with E-state index in [0.29, 0.717) is 5.78 Å². The number of rotatable bonds is 0. The minimum Gasteiger partial charge on any atom is -0.300 e. The molecule has 2 saturated carbocycles. The van der Waals surface area contributed by atoms with Gasteiger partial charge in [-0.05, 0) is 31.1 Å². The van der Waals surface area contributed by atoms with Crippen LogP contribution in [-0.4, -0.2) is 9.71 Å². The van der Waals surface area contributed by atoms with E-state index < -0.39 is 0 Å². The van der Waals surface area contributed by atoms with E-state index in [0.717, 1.165) is 28.6 Å². The molecule has 1 unspecified atom stereocenters. The van der Waals surface area contributed by atoms with Crippen molar-refractivity contribution >= 4 is 28.4 Å². The van der Waals surface area contributed by atoms with Gasteiger partial charge in [0, 0.05) is 16.8 Å². The Balaban J connectivity index is 2.05. The first-order valence-electron chi connectivity index (χ1n) is 4.40. The van der Waals surface area contributed by atoms with Crippen LogP contribution in [-0.2, 0) is 4.79 Å². The van der Waals surface area contributed by atoms with Crippen molar-refractivity contribution in [1.29, 1.82) is 0 Å². The fourth-order valence-corrected chi connectivity index (χ4v) is 3.98. The normalized spacial score (nSPS) is 44.1. The molecular weight excluding hydrogens is 251 g/mol.